The first-order chi connectivity index (χ1) is 13.3. The van der Waals surface area contributed by atoms with Crippen LogP contribution in [0.25, 0.3) is 0 Å². The summed E-state index contributed by atoms with van der Waals surface area (Å²) in [6.45, 7) is 5.78. The molecule has 2 atom stereocenters. The maximum atomic E-state index is 4.51. The molecule has 1 saturated carbocycles. The molecule has 0 spiro atoms. The SMILES string of the molecule is CN=C(NCC(c1cccs1)N1CCCC1)NC1CCN(C2CCCC2)C1.I. The van der Waals surface area contributed by atoms with E-state index >= 15 is 0 Å². The van der Waals surface area contributed by atoms with Gasteiger partial charge in [-0.05, 0) is 56.6 Å². The minimum Gasteiger partial charge on any atom is -0.354 e. The van der Waals surface area contributed by atoms with Gasteiger partial charge < -0.3 is 10.6 Å². The van der Waals surface area contributed by atoms with Gasteiger partial charge in [0.15, 0.2) is 5.96 Å². The fourth-order valence-corrected chi connectivity index (χ4v) is 5.89. The van der Waals surface area contributed by atoms with Crippen LogP contribution in [-0.4, -0.2) is 67.6 Å². The highest BCUT2D eigenvalue weighted by Gasteiger charge is 2.30. The average Bonchev–Trinajstić information content (AvgIpc) is 3.49. The molecule has 0 radical (unpaired) electrons. The summed E-state index contributed by atoms with van der Waals surface area (Å²) < 4.78 is 0. The van der Waals surface area contributed by atoms with Crippen molar-refractivity contribution in [2.75, 3.05) is 39.8 Å². The Morgan fingerprint density at radius 2 is 1.96 bits per heavy atom. The van der Waals surface area contributed by atoms with Crippen LogP contribution in [0.15, 0.2) is 22.5 Å². The van der Waals surface area contributed by atoms with Crippen LogP contribution in [0.1, 0.15) is 55.9 Å². The van der Waals surface area contributed by atoms with Crippen LogP contribution in [0.5, 0.6) is 0 Å². The Morgan fingerprint density at radius 3 is 2.64 bits per heavy atom. The Bertz CT molecular complexity index is 596. The molecule has 28 heavy (non-hydrogen) atoms. The third-order valence-electron chi connectivity index (χ3n) is 6.54. The highest BCUT2D eigenvalue weighted by molar-refractivity contribution is 14.0. The number of guanidine groups is 1. The first-order valence-corrected chi connectivity index (χ1v) is 11.7. The molecule has 2 N–H and O–H groups in total. The zero-order valence-corrected chi connectivity index (χ0v) is 20.3. The number of hydrogen-bond acceptors (Lipinski definition) is 4. The second kappa shape index (κ2) is 11.1. The van der Waals surface area contributed by atoms with Gasteiger partial charge in [-0.1, -0.05) is 18.9 Å². The molecule has 0 aromatic carbocycles. The van der Waals surface area contributed by atoms with Crippen LogP contribution in [-0.2, 0) is 0 Å². The molecule has 3 fully saturated rings. The van der Waals surface area contributed by atoms with E-state index in [2.05, 4.69) is 42.9 Å². The van der Waals surface area contributed by atoms with Crippen molar-refractivity contribution in [3.8, 4) is 0 Å². The van der Waals surface area contributed by atoms with Crippen molar-refractivity contribution >= 4 is 41.3 Å². The maximum absolute atomic E-state index is 4.51. The van der Waals surface area contributed by atoms with Crippen LogP contribution in [0, 0.1) is 0 Å². The lowest BCUT2D eigenvalue weighted by atomic mass is 10.2. The van der Waals surface area contributed by atoms with Gasteiger partial charge in [0.05, 0.1) is 6.04 Å². The van der Waals surface area contributed by atoms with Gasteiger partial charge in [0, 0.05) is 43.6 Å². The Balaban J connectivity index is 0.00000225. The number of rotatable bonds is 6. The van der Waals surface area contributed by atoms with Crippen LogP contribution in [0.2, 0.25) is 0 Å². The van der Waals surface area contributed by atoms with E-state index in [4.69, 9.17) is 0 Å². The molecule has 2 saturated heterocycles. The van der Waals surface area contributed by atoms with Crippen LogP contribution >= 0.6 is 35.3 Å². The Morgan fingerprint density at radius 1 is 1.18 bits per heavy atom. The molecule has 0 amide bonds. The van der Waals surface area contributed by atoms with E-state index in [-0.39, 0.29) is 24.0 Å². The molecular formula is C21H36IN5S. The molecule has 2 aliphatic heterocycles. The first kappa shape index (κ1) is 22.3. The second-order valence-corrected chi connectivity index (χ2v) is 9.27. The lowest BCUT2D eigenvalue weighted by molar-refractivity contribution is 0.241. The molecule has 5 nitrogen and oxygen atoms in total. The zero-order chi connectivity index (χ0) is 18.5. The second-order valence-electron chi connectivity index (χ2n) is 8.29. The standard InChI is InChI=1S/C21H35N5S.HI/c1-22-21(24-17-10-13-26(16-17)18-7-2-3-8-18)23-15-19(20-9-6-14-27-20)25-11-4-5-12-25;/h6,9,14,17-19H,2-5,7-8,10-13,15-16H2,1H3,(H2,22,23,24);1H. The monoisotopic (exact) mass is 517 g/mol. The van der Waals surface area contributed by atoms with Crippen molar-refractivity contribution in [2.24, 2.45) is 4.99 Å². The number of halogens is 1. The number of hydrogen-bond donors (Lipinski definition) is 2. The third-order valence-corrected chi connectivity index (χ3v) is 7.51. The number of nitrogens with zero attached hydrogens (tertiary/aromatic N) is 3. The quantitative estimate of drug-likeness (QED) is 0.343. The number of thiophene rings is 1. The number of nitrogens with one attached hydrogen (secondary N) is 2. The lowest BCUT2D eigenvalue weighted by Gasteiger charge is -2.28. The van der Waals surface area contributed by atoms with Crippen molar-refractivity contribution in [3.05, 3.63) is 22.4 Å². The largest absolute Gasteiger partial charge is 0.354 e. The molecule has 1 aliphatic carbocycles. The minimum absolute atomic E-state index is 0. The Kier molecular flexibility index (Phi) is 8.87. The summed E-state index contributed by atoms with van der Waals surface area (Å²) >= 11 is 1.88. The maximum Gasteiger partial charge on any atom is 0.191 e. The number of aliphatic imine (C=N–C) groups is 1. The van der Waals surface area contributed by atoms with E-state index in [1.807, 2.05) is 18.4 Å². The average molecular weight is 518 g/mol. The summed E-state index contributed by atoms with van der Waals surface area (Å²) in [5.41, 5.74) is 0. The van der Waals surface area contributed by atoms with E-state index in [0.717, 1.165) is 18.5 Å². The van der Waals surface area contributed by atoms with Gasteiger partial charge >= 0.3 is 0 Å². The van der Waals surface area contributed by atoms with Gasteiger partial charge in [-0.2, -0.15) is 0 Å². The molecule has 158 valence electrons. The van der Waals surface area contributed by atoms with Gasteiger partial charge in [-0.3, -0.25) is 14.8 Å². The predicted octanol–water partition coefficient (Wildman–Crippen LogP) is 3.68. The zero-order valence-electron chi connectivity index (χ0n) is 17.1. The molecule has 7 heteroatoms. The third kappa shape index (κ3) is 5.61. The molecule has 3 aliphatic rings. The normalized spacial score (nSPS) is 25.8. The van der Waals surface area contributed by atoms with Gasteiger partial charge in [0.2, 0.25) is 0 Å². The fourth-order valence-electron chi connectivity index (χ4n) is 5.03. The molecule has 2 unspecified atom stereocenters. The molecule has 4 rings (SSSR count). The van der Waals surface area contributed by atoms with Gasteiger partial charge in [-0.25, -0.2) is 0 Å². The Hall–Kier alpha value is -0.380. The summed E-state index contributed by atoms with van der Waals surface area (Å²) in [5.74, 6) is 0.967. The van der Waals surface area contributed by atoms with E-state index in [1.54, 1.807) is 0 Å². The highest BCUT2D eigenvalue weighted by atomic mass is 127. The van der Waals surface area contributed by atoms with E-state index in [1.165, 1.54) is 76.0 Å². The topological polar surface area (TPSA) is 42.9 Å². The van der Waals surface area contributed by atoms with Crippen LogP contribution in [0.4, 0.5) is 0 Å². The lowest BCUT2D eigenvalue weighted by Crippen LogP contribution is -2.47. The highest BCUT2D eigenvalue weighted by Crippen LogP contribution is 2.28. The first-order valence-electron chi connectivity index (χ1n) is 10.8. The predicted molar refractivity (Wildman–Crippen MR) is 130 cm³/mol. The minimum atomic E-state index is 0. The molecule has 1 aromatic heterocycles. The van der Waals surface area contributed by atoms with Gasteiger partial charge in [0.1, 0.15) is 0 Å². The molecular weight excluding hydrogens is 481 g/mol. The van der Waals surface area contributed by atoms with E-state index in [9.17, 15) is 0 Å². The van der Waals surface area contributed by atoms with Crippen molar-refractivity contribution in [1.82, 2.24) is 20.4 Å². The summed E-state index contributed by atoms with van der Waals surface area (Å²) in [6, 6.07) is 6.28. The van der Waals surface area contributed by atoms with Crippen molar-refractivity contribution in [2.45, 2.75) is 63.1 Å². The van der Waals surface area contributed by atoms with Crippen molar-refractivity contribution in [3.63, 3.8) is 0 Å². The smallest absolute Gasteiger partial charge is 0.191 e. The fraction of sp³-hybridized carbons (Fsp3) is 0.762. The number of likely N-dealkylation sites (tertiary alicyclic amines) is 2. The van der Waals surface area contributed by atoms with Crippen molar-refractivity contribution < 1.29 is 0 Å². The molecule has 3 heterocycles. The van der Waals surface area contributed by atoms with Gasteiger partial charge in [-0.15, -0.1) is 35.3 Å². The van der Waals surface area contributed by atoms with Crippen LogP contribution < -0.4 is 10.6 Å². The molecule has 1 aromatic rings. The van der Waals surface area contributed by atoms with E-state index in [0.29, 0.717) is 12.1 Å². The summed E-state index contributed by atoms with van der Waals surface area (Å²) in [5, 5.41) is 9.52. The summed E-state index contributed by atoms with van der Waals surface area (Å²) in [7, 11) is 1.90. The summed E-state index contributed by atoms with van der Waals surface area (Å²) in [4.78, 5) is 11.3. The molecule has 0 bridgehead atoms. The van der Waals surface area contributed by atoms with E-state index < -0.39 is 0 Å². The summed E-state index contributed by atoms with van der Waals surface area (Å²) in [6.07, 6.45) is 9.53. The Labute approximate surface area is 191 Å². The van der Waals surface area contributed by atoms with Gasteiger partial charge in [0.25, 0.3) is 0 Å². The van der Waals surface area contributed by atoms with Crippen LogP contribution in [0.3, 0.4) is 0 Å². The van der Waals surface area contributed by atoms with Crippen molar-refractivity contribution in [1.29, 1.82) is 0 Å².